The lowest BCUT2D eigenvalue weighted by Gasteiger charge is -2.26. The minimum Gasteiger partial charge on any atom is -0.445 e. The lowest BCUT2D eigenvalue weighted by atomic mass is 10.00. The molecule has 0 aromatic heterocycles. The predicted molar refractivity (Wildman–Crippen MR) is 126 cm³/mol. The number of hydrogen-bond donors (Lipinski definition) is 0. The number of ketones is 1. The van der Waals surface area contributed by atoms with Crippen molar-refractivity contribution in [3.63, 3.8) is 0 Å². The molecule has 7 nitrogen and oxygen atoms in total. The molecule has 4 rings (SSSR count). The number of Topliss-reactive ketones (excluding diaryl/α,β-unsaturated/α-hetero) is 1. The molecule has 0 saturated carbocycles. The van der Waals surface area contributed by atoms with Crippen LogP contribution in [0.5, 0.6) is 0 Å². The van der Waals surface area contributed by atoms with Gasteiger partial charge < -0.3 is 9.47 Å². The minimum atomic E-state index is -3.94. The molecule has 9 heteroatoms. The number of benzene rings is 3. The Bertz CT molecular complexity index is 1280. The fourth-order valence-electron chi connectivity index (χ4n) is 3.58. The fraction of sp³-hybridized carbons (Fsp3) is 0.200. The van der Waals surface area contributed by atoms with Gasteiger partial charge in [-0.15, -0.1) is 0 Å². The number of ether oxygens (including phenoxy) is 2. The molecule has 1 aliphatic rings. The zero-order valence-corrected chi connectivity index (χ0v) is 19.7. The highest BCUT2D eigenvalue weighted by molar-refractivity contribution is 7.89. The van der Waals surface area contributed by atoms with Crippen LogP contribution in [0.2, 0.25) is 5.02 Å². The van der Waals surface area contributed by atoms with E-state index in [1.165, 1.54) is 22.5 Å². The first-order chi connectivity index (χ1) is 16.4. The van der Waals surface area contributed by atoms with Gasteiger partial charge in [0.25, 0.3) is 0 Å². The Balaban J connectivity index is 1.65. The van der Waals surface area contributed by atoms with Crippen molar-refractivity contribution < 1.29 is 27.5 Å². The summed E-state index contributed by atoms with van der Waals surface area (Å²) in [5.74, 6) is -1.23. The van der Waals surface area contributed by atoms with E-state index in [1.54, 1.807) is 60.7 Å². The summed E-state index contributed by atoms with van der Waals surface area (Å²) >= 11 is 6.19. The van der Waals surface area contributed by atoms with Crippen molar-refractivity contribution in [1.82, 2.24) is 4.31 Å². The van der Waals surface area contributed by atoms with Crippen molar-refractivity contribution in [2.45, 2.75) is 11.0 Å². The van der Waals surface area contributed by atoms with Crippen LogP contribution in [-0.4, -0.2) is 50.8 Å². The first kappa shape index (κ1) is 24.1. The van der Waals surface area contributed by atoms with E-state index >= 15 is 0 Å². The third-order valence-corrected chi connectivity index (χ3v) is 7.76. The number of carbonyl (C=O) groups is 2. The highest BCUT2D eigenvalue weighted by Crippen LogP contribution is 2.29. The molecule has 34 heavy (non-hydrogen) atoms. The molecule has 1 heterocycles. The molecule has 0 unspecified atom stereocenters. The van der Waals surface area contributed by atoms with Crippen molar-refractivity contribution in [2.24, 2.45) is 0 Å². The molecule has 176 valence electrons. The number of halogens is 1. The van der Waals surface area contributed by atoms with Crippen molar-refractivity contribution in [3.8, 4) is 0 Å². The molecule has 0 N–H and O–H groups in total. The van der Waals surface area contributed by atoms with Crippen LogP contribution in [0.25, 0.3) is 0 Å². The highest BCUT2D eigenvalue weighted by Gasteiger charge is 2.31. The molecule has 0 aliphatic carbocycles. The first-order valence-corrected chi connectivity index (χ1v) is 12.4. The summed E-state index contributed by atoms with van der Waals surface area (Å²) < 4.78 is 38.3. The Kier molecular flexibility index (Phi) is 7.43. The Labute approximate surface area is 202 Å². The molecule has 3 aromatic rings. The zero-order chi connectivity index (χ0) is 24.1. The smallest absolute Gasteiger partial charge is 0.339 e. The molecule has 1 fully saturated rings. The van der Waals surface area contributed by atoms with Gasteiger partial charge in [0, 0.05) is 24.2 Å². The molecule has 0 spiro atoms. The summed E-state index contributed by atoms with van der Waals surface area (Å²) in [4.78, 5) is 26.1. The number of esters is 1. The SMILES string of the molecule is O=C(O[C@@H](C(=O)c1ccccc1)c1ccccc1)c1ccc(Cl)c(S(=O)(=O)N2CCOCC2)c1. The van der Waals surface area contributed by atoms with Crippen LogP contribution < -0.4 is 0 Å². The molecule has 3 aromatic carbocycles. The monoisotopic (exact) mass is 499 g/mol. The summed E-state index contributed by atoms with van der Waals surface area (Å²) in [6, 6.07) is 21.0. The van der Waals surface area contributed by atoms with E-state index in [0.29, 0.717) is 11.1 Å². The van der Waals surface area contributed by atoms with Gasteiger partial charge in [-0.2, -0.15) is 4.31 Å². The fourth-order valence-corrected chi connectivity index (χ4v) is 5.49. The number of hydrogen-bond acceptors (Lipinski definition) is 6. The number of nitrogens with zero attached hydrogens (tertiary/aromatic N) is 1. The Morgan fingerprint density at radius 1 is 0.882 bits per heavy atom. The van der Waals surface area contributed by atoms with Crippen molar-refractivity contribution in [3.05, 3.63) is 101 Å². The van der Waals surface area contributed by atoms with Crippen LogP contribution in [0.1, 0.15) is 32.4 Å². The average molecular weight is 500 g/mol. The molecule has 1 aliphatic heterocycles. The van der Waals surface area contributed by atoms with E-state index in [2.05, 4.69) is 0 Å². The summed E-state index contributed by atoms with van der Waals surface area (Å²) in [5, 5.41) is -0.0111. The van der Waals surface area contributed by atoms with Gasteiger partial charge in [0.1, 0.15) is 4.90 Å². The van der Waals surface area contributed by atoms with Crippen LogP contribution in [-0.2, 0) is 19.5 Å². The topological polar surface area (TPSA) is 90.0 Å². The first-order valence-electron chi connectivity index (χ1n) is 10.6. The van der Waals surface area contributed by atoms with Gasteiger partial charge in [0.15, 0.2) is 6.10 Å². The molecular weight excluding hydrogens is 478 g/mol. The maximum Gasteiger partial charge on any atom is 0.339 e. The third-order valence-electron chi connectivity index (χ3n) is 5.38. The van der Waals surface area contributed by atoms with E-state index in [4.69, 9.17) is 21.1 Å². The number of rotatable bonds is 7. The molecule has 0 bridgehead atoms. The second kappa shape index (κ2) is 10.5. The number of sulfonamides is 1. The van der Waals surface area contributed by atoms with E-state index in [1.807, 2.05) is 0 Å². The Morgan fingerprint density at radius 3 is 2.15 bits per heavy atom. The second-order valence-electron chi connectivity index (χ2n) is 7.59. The Hall–Kier alpha value is -3.04. The van der Waals surface area contributed by atoms with Gasteiger partial charge in [0.05, 0.1) is 23.8 Å². The molecule has 1 atom stereocenters. The minimum absolute atomic E-state index is 0.0111. The van der Waals surface area contributed by atoms with E-state index in [9.17, 15) is 18.0 Å². The van der Waals surface area contributed by atoms with Crippen LogP contribution in [0.15, 0.2) is 83.8 Å². The van der Waals surface area contributed by atoms with E-state index in [-0.39, 0.29) is 41.8 Å². The van der Waals surface area contributed by atoms with Gasteiger partial charge in [-0.1, -0.05) is 72.3 Å². The Morgan fingerprint density at radius 2 is 1.50 bits per heavy atom. The van der Waals surface area contributed by atoms with Crippen LogP contribution >= 0.6 is 11.6 Å². The molecule has 1 saturated heterocycles. The van der Waals surface area contributed by atoms with Crippen LogP contribution in [0.4, 0.5) is 0 Å². The van der Waals surface area contributed by atoms with E-state index in [0.717, 1.165) is 0 Å². The van der Waals surface area contributed by atoms with Gasteiger partial charge in [-0.05, 0) is 18.2 Å². The predicted octanol–water partition coefficient (Wildman–Crippen LogP) is 4.14. The molecule has 0 radical (unpaired) electrons. The molecule has 0 amide bonds. The van der Waals surface area contributed by atoms with Crippen molar-refractivity contribution in [2.75, 3.05) is 26.3 Å². The zero-order valence-electron chi connectivity index (χ0n) is 18.1. The lowest BCUT2D eigenvalue weighted by molar-refractivity contribution is 0.0279. The normalized spacial score (nSPS) is 15.4. The molecular formula is C25H22ClNO6S. The lowest BCUT2D eigenvalue weighted by Crippen LogP contribution is -2.40. The van der Waals surface area contributed by atoms with E-state index < -0.39 is 27.9 Å². The number of carbonyl (C=O) groups excluding carboxylic acids is 2. The third kappa shape index (κ3) is 5.20. The van der Waals surface area contributed by atoms with Crippen molar-refractivity contribution >= 4 is 33.4 Å². The van der Waals surface area contributed by atoms with Gasteiger partial charge in [0.2, 0.25) is 15.8 Å². The average Bonchev–Trinajstić information content (AvgIpc) is 2.88. The largest absolute Gasteiger partial charge is 0.445 e. The maximum atomic E-state index is 13.2. The van der Waals surface area contributed by atoms with Crippen LogP contribution in [0.3, 0.4) is 0 Å². The highest BCUT2D eigenvalue weighted by atomic mass is 35.5. The van der Waals surface area contributed by atoms with Crippen LogP contribution in [0, 0.1) is 0 Å². The maximum absolute atomic E-state index is 13.2. The summed E-state index contributed by atoms with van der Waals surface area (Å²) in [6.45, 7) is 0.932. The summed E-state index contributed by atoms with van der Waals surface area (Å²) in [6.07, 6.45) is -1.20. The van der Waals surface area contributed by atoms with Gasteiger partial charge in [-0.25, -0.2) is 13.2 Å². The van der Waals surface area contributed by atoms with Gasteiger partial charge in [-0.3, -0.25) is 4.79 Å². The van der Waals surface area contributed by atoms with Crippen molar-refractivity contribution in [1.29, 1.82) is 0 Å². The quantitative estimate of drug-likeness (QED) is 0.358. The van der Waals surface area contributed by atoms with Gasteiger partial charge >= 0.3 is 5.97 Å². The summed E-state index contributed by atoms with van der Waals surface area (Å²) in [7, 11) is -3.94. The standard InChI is InChI=1S/C25H22ClNO6S/c26-21-12-11-20(17-22(21)34(30,31)27-13-15-32-16-14-27)25(29)33-24(19-9-5-2-6-10-19)23(28)18-7-3-1-4-8-18/h1-12,17,24H,13-16H2/t24-/m1/s1. The summed E-state index contributed by atoms with van der Waals surface area (Å²) in [5.41, 5.74) is 0.855. The second-order valence-corrected chi connectivity index (χ2v) is 9.90. The number of morpholine rings is 1.